The molecule has 1 heterocycles. The number of nitrogens with zero attached hydrogens (tertiary/aromatic N) is 1. The Labute approximate surface area is 127 Å². The average Bonchev–Trinajstić information content (AvgIpc) is 2.54. The number of benzene rings is 1. The van der Waals surface area contributed by atoms with E-state index in [1.54, 1.807) is 6.92 Å². The van der Waals surface area contributed by atoms with E-state index in [9.17, 15) is 18.0 Å². The van der Waals surface area contributed by atoms with Crippen LogP contribution in [0.1, 0.15) is 26.2 Å². The van der Waals surface area contributed by atoms with Crippen LogP contribution in [0.5, 0.6) is 0 Å². The van der Waals surface area contributed by atoms with Gasteiger partial charge in [-0.3, -0.25) is 0 Å². The van der Waals surface area contributed by atoms with Gasteiger partial charge in [-0.05, 0) is 38.3 Å². The summed E-state index contributed by atoms with van der Waals surface area (Å²) >= 11 is 0. The molecule has 4 nitrogen and oxygen atoms in total. The summed E-state index contributed by atoms with van der Waals surface area (Å²) in [4.78, 5) is 13.6. The lowest BCUT2D eigenvalue weighted by molar-refractivity contribution is 0.00221. The van der Waals surface area contributed by atoms with Crippen molar-refractivity contribution in [3.63, 3.8) is 0 Å². The van der Waals surface area contributed by atoms with Gasteiger partial charge in [0.15, 0.2) is 17.5 Å². The predicted molar refractivity (Wildman–Crippen MR) is 76.2 cm³/mol. The second-order valence-corrected chi connectivity index (χ2v) is 5.18. The molecule has 1 aromatic carbocycles. The minimum absolute atomic E-state index is 0.0470. The van der Waals surface area contributed by atoms with Gasteiger partial charge in [0, 0.05) is 19.7 Å². The van der Waals surface area contributed by atoms with Crippen molar-refractivity contribution in [2.75, 3.05) is 25.0 Å². The van der Waals surface area contributed by atoms with E-state index >= 15 is 0 Å². The van der Waals surface area contributed by atoms with Crippen molar-refractivity contribution in [1.82, 2.24) is 4.90 Å². The van der Waals surface area contributed by atoms with Crippen molar-refractivity contribution in [3.8, 4) is 0 Å². The van der Waals surface area contributed by atoms with Crippen LogP contribution in [0.4, 0.5) is 23.7 Å². The first-order valence-electron chi connectivity index (χ1n) is 7.34. The number of halogens is 3. The van der Waals surface area contributed by atoms with Crippen LogP contribution < -0.4 is 5.32 Å². The van der Waals surface area contributed by atoms with Crippen molar-refractivity contribution in [1.29, 1.82) is 0 Å². The lowest BCUT2D eigenvalue weighted by Crippen LogP contribution is -2.42. The van der Waals surface area contributed by atoms with Gasteiger partial charge >= 0.3 is 6.03 Å². The van der Waals surface area contributed by atoms with Gasteiger partial charge in [-0.1, -0.05) is 0 Å². The summed E-state index contributed by atoms with van der Waals surface area (Å²) in [5, 5.41) is 2.27. The number of urea groups is 1. The molecule has 0 saturated carbocycles. The number of carbonyl (C=O) groups excluding carboxylic acids is 1. The van der Waals surface area contributed by atoms with Crippen LogP contribution >= 0.6 is 0 Å². The van der Waals surface area contributed by atoms with Gasteiger partial charge < -0.3 is 15.0 Å². The number of likely N-dealkylation sites (N-methyl/N-ethyl adjacent to an activating group) is 1. The van der Waals surface area contributed by atoms with Crippen LogP contribution in [0.2, 0.25) is 0 Å². The SMILES string of the molecule is CCN(C[C@@H]1CCCCO1)C(=O)Nc1ccc(F)c(F)c1F. The second kappa shape index (κ2) is 7.49. The third kappa shape index (κ3) is 3.91. The number of amides is 2. The zero-order chi connectivity index (χ0) is 16.1. The van der Waals surface area contributed by atoms with Gasteiger partial charge in [-0.2, -0.15) is 0 Å². The van der Waals surface area contributed by atoms with Crippen LogP contribution in [-0.4, -0.2) is 36.7 Å². The van der Waals surface area contributed by atoms with Crippen molar-refractivity contribution in [3.05, 3.63) is 29.6 Å². The van der Waals surface area contributed by atoms with E-state index in [1.807, 2.05) is 0 Å². The Balaban J connectivity index is 2.01. The Morgan fingerprint density at radius 2 is 2.09 bits per heavy atom. The highest BCUT2D eigenvalue weighted by Crippen LogP contribution is 2.20. The largest absolute Gasteiger partial charge is 0.376 e. The van der Waals surface area contributed by atoms with Crippen molar-refractivity contribution >= 4 is 11.7 Å². The van der Waals surface area contributed by atoms with Gasteiger partial charge in [-0.25, -0.2) is 18.0 Å². The number of rotatable bonds is 4. The number of hydrogen-bond donors (Lipinski definition) is 1. The molecule has 1 fully saturated rings. The van der Waals surface area contributed by atoms with E-state index in [4.69, 9.17) is 4.74 Å². The maximum Gasteiger partial charge on any atom is 0.322 e. The molecule has 22 heavy (non-hydrogen) atoms. The monoisotopic (exact) mass is 316 g/mol. The van der Waals surface area contributed by atoms with E-state index < -0.39 is 23.5 Å². The summed E-state index contributed by atoms with van der Waals surface area (Å²) in [5.41, 5.74) is -0.382. The van der Waals surface area contributed by atoms with Gasteiger partial charge in [0.05, 0.1) is 11.8 Å². The third-order valence-corrected chi connectivity index (χ3v) is 3.64. The topological polar surface area (TPSA) is 41.6 Å². The van der Waals surface area contributed by atoms with E-state index in [0.29, 0.717) is 19.7 Å². The minimum atomic E-state index is -1.60. The first kappa shape index (κ1) is 16.6. The Morgan fingerprint density at radius 3 is 2.73 bits per heavy atom. The normalized spacial score (nSPS) is 18.1. The summed E-state index contributed by atoms with van der Waals surface area (Å²) in [5.74, 6) is -4.30. The first-order chi connectivity index (χ1) is 10.5. The van der Waals surface area contributed by atoms with Gasteiger partial charge in [-0.15, -0.1) is 0 Å². The molecular formula is C15H19F3N2O2. The molecule has 7 heteroatoms. The molecule has 1 atom stereocenters. The summed E-state index contributed by atoms with van der Waals surface area (Å²) in [6, 6.07) is 1.20. The molecule has 122 valence electrons. The molecule has 0 radical (unpaired) electrons. The molecule has 2 rings (SSSR count). The third-order valence-electron chi connectivity index (χ3n) is 3.64. The van der Waals surface area contributed by atoms with Crippen LogP contribution in [0.15, 0.2) is 12.1 Å². The fourth-order valence-electron chi connectivity index (χ4n) is 2.37. The van der Waals surface area contributed by atoms with Crippen LogP contribution in [-0.2, 0) is 4.74 Å². The smallest absolute Gasteiger partial charge is 0.322 e. The van der Waals surface area contributed by atoms with Crippen LogP contribution in [0.25, 0.3) is 0 Å². The molecule has 0 spiro atoms. The zero-order valence-corrected chi connectivity index (χ0v) is 12.4. The highest BCUT2D eigenvalue weighted by molar-refractivity contribution is 5.89. The van der Waals surface area contributed by atoms with E-state index in [1.165, 1.54) is 4.90 Å². The van der Waals surface area contributed by atoms with Crippen molar-refractivity contribution in [2.24, 2.45) is 0 Å². The number of carbonyl (C=O) groups is 1. The van der Waals surface area contributed by atoms with Crippen LogP contribution in [0, 0.1) is 17.5 Å². The summed E-state index contributed by atoms with van der Waals surface area (Å²) in [6.45, 7) is 3.23. The molecule has 1 saturated heterocycles. The Hall–Kier alpha value is -1.76. The van der Waals surface area contributed by atoms with E-state index in [-0.39, 0.29) is 11.8 Å². The lowest BCUT2D eigenvalue weighted by Gasteiger charge is -2.29. The highest BCUT2D eigenvalue weighted by Gasteiger charge is 2.22. The molecule has 0 bridgehead atoms. The minimum Gasteiger partial charge on any atom is -0.376 e. The van der Waals surface area contributed by atoms with Crippen molar-refractivity contribution < 1.29 is 22.7 Å². The molecule has 1 aliphatic heterocycles. The average molecular weight is 316 g/mol. The Bertz CT molecular complexity index is 534. The van der Waals surface area contributed by atoms with E-state index in [0.717, 1.165) is 31.4 Å². The number of hydrogen-bond acceptors (Lipinski definition) is 2. The van der Waals surface area contributed by atoms with E-state index in [2.05, 4.69) is 5.32 Å². The molecule has 0 aromatic heterocycles. The standard InChI is InChI=1S/C15H19F3N2O2/c1-2-20(9-10-5-3-4-8-22-10)15(21)19-12-7-6-11(16)13(17)14(12)18/h6-7,10H,2-5,8-9H2,1H3,(H,19,21)/t10-/m0/s1. The molecule has 0 aliphatic carbocycles. The fraction of sp³-hybridized carbons (Fsp3) is 0.533. The van der Waals surface area contributed by atoms with Crippen molar-refractivity contribution in [2.45, 2.75) is 32.3 Å². The maximum atomic E-state index is 13.6. The summed E-state index contributed by atoms with van der Waals surface area (Å²) in [6.07, 6.45) is 2.87. The maximum absolute atomic E-state index is 13.6. The molecule has 0 unspecified atom stereocenters. The summed E-state index contributed by atoms with van der Waals surface area (Å²) < 4.78 is 45.2. The first-order valence-corrected chi connectivity index (χ1v) is 7.34. The number of ether oxygens (including phenoxy) is 1. The predicted octanol–water partition coefficient (Wildman–Crippen LogP) is 3.53. The molecule has 1 aliphatic rings. The fourth-order valence-corrected chi connectivity index (χ4v) is 2.37. The second-order valence-electron chi connectivity index (χ2n) is 5.18. The quantitative estimate of drug-likeness (QED) is 0.864. The molecular weight excluding hydrogens is 297 g/mol. The number of anilines is 1. The van der Waals surface area contributed by atoms with Gasteiger partial charge in [0.1, 0.15) is 0 Å². The zero-order valence-electron chi connectivity index (χ0n) is 12.4. The number of nitrogens with one attached hydrogen (secondary N) is 1. The Kier molecular flexibility index (Phi) is 5.65. The van der Waals surface area contributed by atoms with Crippen LogP contribution in [0.3, 0.4) is 0 Å². The summed E-state index contributed by atoms with van der Waals surface area (Å²) in [7, 11) is 0. The molecule has 2 amide bonds. The molecule has 1 N–H and O–H groups in total. The molecule has 1 aromatic rings. The lowest BCUT2D eigenvalue weighted by atomic mass is 10.1. The Morgan fingerprint density at radius 1 is 1.32 bits per heavy atom. The van der Waals surface area contributed by atoms with Gasteiger partial charge in [0.25, 0.3) is 0 Å². The highest BCUT2D eigenvalue weighted by atomic mass is 19.2. The van der Waals surface area contributed by atoms with Gasteiger partial charge in [0.2, 0.25) is 0 Å².